The van der Waals surface area contributed by atoms with Gasteiger partial charge in [0, 0.05) is 24.3 Å². The van der Waals surface area contributed by atoms with E-state index in [1.54, 1.807) is 12.1 Å². The number of rotatable bonds is 0. The van der Waals surface area contributed by atoms with Gasteiger partial charge in [-0.15, -0.1) is 0 Å². The van der Waals surface area contributed by atoms with Gasteiger partial charge in [-0.1, -0.05) is 17.2 Å². The molecule has 23 heavy (non-hydrogen) atoms. The highest BCUT2D eigenvalue weighted by Crippen LogP contribution is 2.53. The number of fused-ring (bicyclic) bond motifs is 2. The minimum atomic E-state index is -0.345. The zero-order chi connectivity index (χ0) is 16.2. The number of hydrogen-bond donors (Lipinski definition) is 1. The molecular weight excluding hydrogens is 288 g/mol. The van der Waals surface area contributed by atoms with Crippen LogP contribution in [0.25, 0.3) is 0 Å². The molecule has 1 aromatic carbocycles. The van der Waals surface area contributed by atoms with Gasteiger partial charge < -0.3 is 9.84 Å². The monoisotopic (exact) mass is 310 g/mol. The van der Waals surface area contributed by atoms with E-state index in [0.717, 1.165) is 30.6 Å². The molecule has 3 heteroatoms. The van der Waals surface area contributed by atoms with Crippen LogP contribution < -0.4 is 4.74 Å². The van der Waals surface area contributed by atoms with E-state index < -0.39 is 0 Å². The van der Waals surface area contributed by atoms with Gasteiger partial charge in [0.25, 0.3) is 0 Å². The molecule has 0 amide bonds. The van der Waals surface area contributed by atoms with Gasteiger partial charge in [-0.3, -0.25) is 4.79 Å². The molecule has 0 aromatic heterocycles. The molecule has 0 radical (unpaired) electrons. The van der Waals surface area contributed by atoms with Gasteiger partial charge >= 0.3 is 0 Å². The van der Waals surface area contributed by atoms with Crippen LogP contribution in [0.15, 0.2) is 41.0 Å². The van der Waals surface area contributed by atoms with E-state index in [9.17, 15) is 9.90 Å². The number of phenolic OH excluding ortho intramolecular Hbond substituents is 1. The molecule has 0 fully saturated rings. The number of aromatic hydroxyl groups is 1. The lowest BCUT2D eigenvalue weighted by atomic mass is 9.67. The average Bonchev–Trinajstić information content (AvgIpc) is 2.46. The van der Waals surface area contributed by atoms with Gasteiger partial charge in [-0.05, 0) is 56.9 Å². The Kier molecular flexibility index (Phi) is 3.15. The quantitative estimate of drug-likeness (QED) is 0.722. The van der Waals surface area contributed by atoms with E-state index in [-0.39, 0.29) is 17.3 Å². The number of phenols is 1. The van der Waals surface area contributed by atoms with Gasteiger partial charge in [-0.2, -0.15) is 0 Å². The maximum absolute atomic E-state index is 12.4. The van der Waals surface area contributed by atoms with Crippen molar-refractivity contribution in [1.82, 2.24) is 0 Å². The van der Waals surface area contributed by atoms with Gasteiger partial charge in [0.2, 0.25) is 0 Å². The highest BCUT2D eigenvalue weighted by Gasteiger charge is 2.46. The number of hydrogen-bond acceptors (Lipinski definition) is 3. The summed E-state index contributed by atoms with van der Waals surface area (Å²) < 4.78 is 6.41. The third kappa shape index (κ3) is 2.30. The highest BCUT2D eigenvalue weighted by atomic mass is 16.5. The topological polar surface area (TPSA) is 46.5 Å². The molecule has 0 spiro atoms. The summed E-state index contributed by atoms with van der Waals surface area (Å²) in [5, 5.41) is 9.89. The molecule has 2 atom stereocenters. The normalized spacial score (nSPS) is 32.0. The maximum atomic E-state index is 12.4. The predicted molar refractivity (Wildman–Crippen MR) is 88.8 cm³/mol. The number of carbonyl (C=O) groups is 1. The van der Waals surface area contributed by atoms with Crippen molar-refractivity contribution in [1.29, 1.82) is 0 Å². The molecular formula is C20H22O3. The Balaban J connectivity index is 1.95. The van der Waals surface area contributed by atoms with Crippen molar-refractivity contribution in [3.05, 3.63) is 46.6 Å². The summed E-state index contributed by atoms with van der Waals surface area (Å²) in [4.78, 5) is 12.4. The lowest BCUT2D eigenvalue weighted by Gasteiger charge is -2.46. The molecule has 1 aliphatic heterocycles. The van der Waals surface area contributed by atoms with Crippen molar-refractivity contribution in [3.63, 3.8) is 0 Å². The third-order valence-electron chi connectivity index (χ3n) is 5.45. The van der Waals surface area contributed by atoms with Crippen molar-refractivity contribution >= 4 is 5.78 Å². The lowest BCUT2D eigenvalue weighted by Crippen LogP contribution is -2.44. The largest absolute Gasteiger partial charge is 0.508 e. The van der Waals surface area contributed by atoms with Crippen LogP contribution in [0.4, 0.5) is 0 Å². The van der Waals surface area contributed by atoms with Crippen LogP contribution in [-0.2, 0) is 4.79 Å². The molecule has 1 heterocycles. The molecule has 2 aliphatic carbocycles. The van der Waals surface area contributed by atoms with Gasteiger partial charge in [-0.25, -0.2) is 0 Å². The summed E-state index contributed by atoms with van der Waals surface area (Å²) >= 11 is 0. The summed E-state index contributed by atoms with van der Waals surface area (Å²) in [7, 11) is 0. The number of Topliss-reactive ketones (excluding diaryl/α,β-unsaturated/α-hetero) is 1. The smallest absolute Gasteiger partial charge is 0.137 e. The number of carbonyl (C=O) groups excluding carboxylic acids is 1. The van der Waals surface area contributed by atoms with Crippen molar-refractivity contribution in [2.45, 2.75) is 57.5 Å². The van der Waals surface area contributed by atoms with Crippen molar-refractivity contribution in [3.8, 4) is 11.5 Å². The molecule has 1 N–H and O–H groups in total. The number of ether oxygens (including phenoxy) is 1. The first-order chi connectivity index (χ1) is 11.0. The van der Waals surface area contributed by atoms with Gasteiger partial charge in [0.05, 0.1) is 0 Å². The predicted octanol–water partition coefficient (Wildman–Crippen LogP) is 4.42. The SMILES string of the molecule is C/C1=C/CC[C@@]2(C)Oc3ccc(O)cc3[C@@H]3CC(=O)CC(=C32)C1. The standard InChI is InChI=1S/C20H22O3/c1-12-4-3-7-20(2)19-13(8-12)9-15(22)11-17(19)16-10-14(21)5-6-18(16)23-20/h4-6,10,17,21H,3,7-9,11H2,1-2H3/b12-4-/t17-,20+/m0/s1. The van der Waals surface area contributed by atoms with Crippen LogP contribution in [0, 0.1) is 0 Å². The first kappa shape index (κ1) is 14.6. The second-order valence-corrected chi connectivity index (χ2v) is 7.31. The average molecular weight is 310 g/mol. The molecule has 3 nitrogen and oxygen atoms in total. The second kappa shape index (κ2) is 4.98. The van der Waals surface area contributed by atoms with E-state index in [1.807, 2.05) is 6.07 Å². The molecule has 4 rings (SSSR count). The third-order valence-corrected chi connectivity index (χ3v) is 5.45. The fourth-order valence-corrected chi connectivity index (χ4v) is 4.53. The minimum Gasteiger partial charge on any atom is -0.508 e. The Bertz CT molecular complexity index is 756. The summed E-state index contributed by atoms with van der Waals surface area (Å²) in [5.41, 5.74) is 4.48. The molecule has 1 aromatic rings. The number of ketones is 1. The van der Waals surface area contributed by atoms with E-state index >= 15 is 0 Å². The summed E-state index contributed by atoms with van der Waals surface area (Å²) in [6, 6.07) is 5.27. The molecule has 120 valence electrons. The van der Waals surface area contributed by atoms with Crippen LogP contribution >= 0.6 is 0 Å². The number of allylic oxidation sites excluding steroid dienone is 3. The number of benzene rings is 1. The van der Waals surface area contributed by atoms with Crippen LogP contribution in [-0.4, -0.2) is 16.5 Å². The molecule has 3 aliphatic rings. The zero-order valence-electron chi connectivity index (χ0n) is 13.7. The van der Waals surface area contributed by atoms with Crippen LogP contribution in [0.3, 0.4) is 0 Å². The second-order valence-electron chi connectivity index (χ2n) is 7.31. The van der Waals surface area contributed by atoms with Crippen molar-refractivity contribution < 1.29 is 14.6 Å². The molecule has 0 bridgehead atoms. The summed E-state index contributed by atoms with van der Waals surface area (Å²) in [6.45, 7) is 4.31. The van der Waals surface area contributed by atoms with Gasteiger partial charge in [0.15, 0.2) is 0 Å². The first-order valence-corrected chi connectivity index (χ1v) is 8.38. The summed E-state index contributed by atoms with van der Waals surface area (Å²) in [5.74, 6) is 1.39. The Morgan fingerprint density at radius 2 is 2.13 bits per heavy atom. The molecule has 0 saturated carbocycles. The van der Waals surface area contributed by atoms with E-state index in [0.29, 0.717) is 18.6 Å². The summed E-state index contributed by atoms with van der Waals surface area (Å²) in [6.07, 6.45) is 6.13. The minimum absolute atomic E-state index is 0.0537. The molecule has 0 unspecified atom stereocenters. The van der Waals surface area contributed by atoms with Crippen molar-refractivity contribution in [2.24, 2.45) is 0 Å². The molecule has 0 saturated heterocycles. The van der Waals surface area contributed by atoms with Gasteiger partial charge in [0.1, 0.15) is 22.9 Å². The van der Waals surface area contributed by atoms with Crippen LogP contribution in [0.1, 0.15) is 57.4 Å². The van der Waals surface area contributed by atoms with Crippen molar-refractivity contribution in [2.75, 3.05) is 0 Å². The Labute approximate surface area is 136 Å². The first-order valence-electron chi connectivity index (χ1n) is 8.38. The highest BCUT2D eigenvalue weighted by molar-refractivity contribution is 5.85. The maximum Gasteiger partial charge on any atom is 0.137 e. The Hall–Kier alpha value is -2.03. The van der Waals surface area contributed by atoms with E-state index in [1.165, 1.54) is 16.7 Å². The van der Waals surface area contributed by atoms with E-state index in [4.69, 9.17) is 4.74 Å². The Morgan fingerprint density at radius 1 is 1.30 bits per heavy atom. The lowest BCUT2D eigenvalue weighted by molar-refractivity contribution is -0.119. The zero-order valence-corrected chi connectivity index (χ0v) is 13.7. The fourth-order valence-electron chi connectivity index (χ4n) is 4.53. The van der Waals surface area contributed by atoms with Crippen LogP contribution in [0.2, 0.25) is 0 Å². The van der Waals surface area contributed by atoms with Crippen LogP contribution in [0.5, 0.6) is 11.5 Å². The fraction of sp³-hybridized carbons (Fsp3) is 0.450. The Morgan fingerprint density at radius 3 is 2.96 bits per heavy atom. The van der Waals surface area contributed by atoms with E-state index in [2.05, 4.69) is 19.9 Å².